The van der Waals surface area contributed by atoms with E-state index in [4.69, 9.17) is 4.74 Å². The molecule has 1 aliphatic heterocycles. The average molecular weight is 380 g/mol. The number of benzene rings is 1. The first kappa shape index (κ1) is 20.4. The van der Waals surface area contributed by atoms with Gasteiger partial charge in [-0.2, -0.15) is 11.8 Å². The maximum atomic E-state index is 12.2. The number of hydrogen-bond donors (Lipinski definition) is 2. The van der Waals surface area contributed by atoms with Gasteiger partial charge in [-0.15, -0.1) is 0 Å². The molecule has 0 aromatic heterocycles. The molecule has 7 heteroatoms. The van der Waals surface area contributed by atoms with Gasteiger partial charge in [-0.3, -0.25) is 0 Å². The Balaban J connectivity index is 1.88. The summed E-state index contributed by atoms with van der Waals surface area (Å²) in [4.78, 5) is 26.3. The smallest absolute Gasteiger partial charge is 0.328 e. The molecule has 1 fully saturated rings. The molecule has 0 aliphatic carbocycles. The summed E-state index contributed by atoms with van der Waals surface area (Å²) in [5, 5.41) is 5.47. The molecule has 2 amide bonds. The summed E-state index contributed by atoms with van der Waals surface area (Å²) < 4.78 is 4.75. The zero-order valence-corrected chi connectivity index (χ0v) is 16.6. The molecule has 144 valence electrons. The summed E-state index contributed by atoms with van der Waals surface area (Å²) in [7, 11) is 1.33. The monoisotopic (exact) mass is 379 g/mol. The average Bonchev–Trinajstić information content (AvgIpc) is 2.65. The first-order valence-corrected chi connectivity index (χ1v) is 10.4. The first-order valence-electron chi connectivity index (χ1n) is 9.02. The molecule has 0 bridgehead atoms. The second kappa shape index (κ2) is 10.3. The lowest BCUT2D eigenvalue weighted by Crippen LogP contribution is -2.44. The molecule has 0 saturated carbocycles. The molecule has 0 spiro atoms. The highest BCUT2D eigenvalue weighted by Gasteiger charge is 2.21. The van der Waals surface area contributed by atoms with Gasteiger partial charge in [0.05, 0.1) is 7.11 Å². The van der Waals surface area contributed by atoms with Crippen molar-refractivity contribution in [3.05, 3.63) is 24.3 Å². The lowest BCUT2D eigenvalue weighted by molar-refractivity contribution is -0.142. The Morgan fingerprint density at radius 1 is 1.27 bits per heavy atom. The van der Waals surface area contributed by atoms with Gasteiger partial charge >= 0.3 is 12.0 Å². The third kappa shape index (κ3) is 6.12. The number of piperidine rings is 1. The molecule has 2 rings (SSSR count). The van der Waals surface area contributed by atoms with Crippen molar-refractivity contribution < 1.29 is 14.3 Å². The maximum absolute atomic E-state index is 12.2. The number of hydrogen-bond acceptors (Lipinski definition) is 5. The molecule has 1 atom stereocenters. The van der Waals surface area contributed by atoms with Crippen molar-refractivity contribution in [3.8, 4) is 0 Å². The maximum Gasteiger partial charge on any atom is 0.328 e. The van der Waals surface area contributed by atoms with Crippen molar-refractivity contribution in [2.45, 2.75) is 32.2 Å². The van der Waals surface area contributed by atoms with Crippen molar-refractivity contribution in [1.29, 1.82) is 0 Å². The van der Waals surface area contributed by atoms with Crippen LogP contribution < -0.4 is 15.5 Å². The highest BCUT2D eigenvalue weighted by Crippen LogP contribution is 2.24. The van der Waals surface area contributed by atoms with Crippen LogP contribution in [0.4, 0.5) is 16.2 Å². The number of carbonyl (C=O) groups is 2. The van der Waals surface area contributed by atoms with Gasteiger partial charge < -0.3 is 20.3 Å². The fourth-order valence-corrected chi connectivity index (χ4v) is 3.45. The van der Waals surface area contributed by atoms with E-state index in [-0.39, 0.29) is 0 Å². The normalized spacial score (nSPS) is 16.0. The van der Waals surface area contributed by atoms with E-state index in [9.17, 15) is 9.59 Å². The van der Waals surface area contributed by atoms with Crippen molar-refractivity contribution in [2.75, 3.05) is 42.4 Å². The fraction of sp³-hybridized carbons (Fsp3) is 0.579. The number of anilines is 2. The number of rotatable bonds is 7. The van der Waals surface area contributed by atoms with Gasteiger partial charge in [0.2, 0.25) is 0 Å². The number of nitrogens with one attached hydrogen (secondary N) is 2. The van der Waals surface area contributed by atoms with E-state index in [2.05, 4.69) is 22.5 Å². The molecule has 2 N–H and O–H groups in total. The molecule has 26 heavy (non-hydrogen) atoms. The summed E-state index contributed by atoms with van der Waals surface area (Å²) in [6, 6.07) is 6.79. The number of ether oxygens (including phenoxy) is 1. The van der Waals surface area contributed by atoms with Crippen LogP contribution in [0.2, 0.25) is 0 Å². The molecule has 0 radical (unpaired) electrons. The Labute approximate surface area is 160 Å². The summed E-state index contributed by atoms with van der Waals surface area (Å²) in [6.45, 7) is 4.44. The zero-order chi connectivity index (χ0) is 18.9. The number of urea groups is 1. The predicted molar refractivity (Wildman–Crippen MR) is 108 cm³/mol. The van der Waals surface area contributed by atoms with E-state index in [0.717, 1.165) is 24.8 Å². The minimum absolute atomic E-state index is 0.402. The fourth-order valence-electron chi connectivity index (χ4n) is 2.97. The third-order valence-corrected chi connectivity index (χ3v) is 5.32. The zero-order valence-electron chi connectivity index (χ0n) is 15.8. The van der Waals surface area contributed by atoms with Crippen LogP contribution in [-0.4, -0.2) is 50.3 Å². The molecule has 6 nitrogen and oxygen atoms in total. The summed E-state index contributed by atoms with van der Waals surface area (Å²) in [6.07, 6.45) is 4.92. The lowest BCUT2D eigenvalue weighted by atomic mass is 9.99. The van der Waals surface area contributed by atoms with Crippen molar-refractivity contribution in [2.24, 2.45) is 5.92 Å². The van der Waals surface area contributed by atoms with Gasteiger partial charge in [0.15, 0.2) is 0 Å². The number of amides is 2. The van der Waals surface area contributed by atoms with Gasteiger partial charge in [-0.1, -0.05) is 6.92 Å². The molecule has 1 unspecified atom stereocenters. The van der Waals surface area contributed by atoms with Gasteiger partial charge in [-0.05, 0) is 61.5 Å². The molecular weight excluding hydrogens is 350 g/mol. The van der Waals surface area contributed by atoms with Gasteiger partial charge in [0, 0.05) is 24.5 Å². The topological polar surface area (TPSA) is 70.7 Å². The van der Waals surface area contributed by atoms with Crippen molar-refractivity contribution in [3.63, 3.8) is 0 Å². The van der Waals surface area contributed by atoms with Crippen LogP contribution in [0.3, 0.4) is 0 Å². The molecule has 1 aromatic carbocycles. The summed E-state index contributed by atoms with van der Waals surface area (Å²) in [5.74, 6) is 1.14. The second-order valence-electron chi connectivity index (χ2n) is 6.67. The Hall–Kier alpha value is -1.89. The van der Waals surface area contributed by atoms with Gasteiger partial charge in [-0.25, -0.2) is 9.59 Å². The number of nitrogens with zero attached hydrogens (tertiary/aromatic N) is 1. The van der Waals surface area contributed by atoms with Crippen LogP contribution in [0.25, 0.3) is 0 Å². The highest BCUT2D eigenvalue weighted by atomic mass is 32.2. The lowest BCUT2D eigenvalue weighted by Gasteiger charge is -2.32. The number of methoxy groups -OCH3 is 1. The Morgan fingerprint density at radius 2 is 1.92 bits per heavy atom. The van der Waals surface area contributed by atoms with E-state index in [1.165, 1.54) is 25.6 Å². The van der Waals surface area contributed by atoms with E-state index in [1.54, 1.807) is 11.8 Å². The van der Waals surface area contributed by atoms with E-state index >= 15 is 0 Å². The van der Waals surface area contributed by atoms with Crippen LogP contribution in [0.15, 0.2) is 24.3 Å². The van der Waals surface area contributed by atoms with Crippen molar-refractivity contribution >= 4 is 35.1 Å². The molecule has 1 aromatic rings. The number of thioether (sulfide) groups is 1. The summed E-state index contributed by atoms with van der Waals surface area (Å²) >= 11 is 1.62. The number of esters is 1. The minimum Gasteiger partial charge on any atom is -0.467 e. The second-order valence-corrected chi connectivity index (χ2v) is 7.66. The molecule has 1 heterocycles. The Morgan fingerprint density at radius 3 is 2.50 bits per heavy atom. The predicted octanol–water partition coefficient (Wildman–Crippen LogP) is 3.34. The quantitative estimate of drug-likeness (QED) is 0.711. The number of carbonyl (C=O) groups excluding carboxylic acids is 2. The standard InChI is InChI=1S/C19H29N3O3S/c1-14-8-11-22(12-9-14)16-6-4-15(5-7-16)20-19(24)21-17(10-13-26-3)18(23)25-2/h4-7,14,17H,8-13H2,1-3H3,(H2,20,21,24). The Bertz CT molecular complexity index is 586. The summed E-state index contributed by atoms with van der Waals surface area (Å²) in [5.41, 5.74) is 1.88. The van der Waals surface area contributed by atoms with E-state index < -0.39 is 18.0 Å². The van der Waals surface area contributed by atoms with Gasteiger partial charge in [0.1, 0.15) is 6.04 Å². The van der Waals surface area contributed by atoms with Crippen LogP contribution >= 0.6 is 11.8 Å². The highest BCUT2D eigenvalue weighted by molar-refractivity contribution is 7.98. The first-order chi connectivity index (χ1) is 12.5. The molecule has 1 aliphatic rings. The van der Waals surface area contributed by atoms with Crippen LogP contribution in [0.5, 0.6) is 0 Å². The minimum atomic E-state index is -0.637. The van der Waals surface area contributed by atoms with Crippen molar-refractivity contribution in [1.82, 2.24) is 5.32 Å². The molecule has 1 saturated heterocycles. The van der Waals surface area contributed by atoms with Crippen LogP contribution in [0, 0.1) is 5.92 Å². The van der Waals surface area contributed by atoms with Crippen LogP contribution in [-0.2, 0) is 9.53 Å². The van der Waals surface area contributed by atoms with E-state index in [0.29, 0.717) is 12.1 Å². The van der Waals surface area contributed by atoms with Gasteiger partial charge in [0.25, 0.3) is 0 Å². The van der Waals surface area contributed by atoms with Crippen LogP contribution in [0.1, 0.15) is 26.2 Å². The molecular formula is C19H29N3O3S. The third-order valence-electron chi connectivity index (χ3n) is 4.68. The largest absolute Gasteiger partial charge is 0.467 e. The SMILES string of the molecule is COC(=O)C(CCSC)NC(=O)Nc1ccc(N2CCC(C)CC2)cc1. The van der Waals surface area contributed by atoms with E-state index in [1.807, 2.05) is 30.5 Å². The Kier molecular flexibility index (Phi) is 8.09.